The van der Waals surface area contributed by atoms with Gasteiger partial charge >= 0.3 is 0 Å². The van der Waals surface area contributed by atoms with E-state index >= 15 is 0 Å². The Labute approximate surface area is 231 Å². The first-order valence-electron chi connectivity index (χ1n) is 17.2. The van der Waals surface area contributed by atoms with E-state index in [-0.39, 0.29) is 11.1 Å². The van der Waals surface area contributed by atoms with Gasteiger partial charge in [0.1, 0.15) is 6.04 Å². The normalized spacial score (nSPS) is 62.6. The SMILES string of the molecule is CC(C)(C)[N+]1N[C@H]2CC[C@@H]1[C@@H]1[C@@H]3C[C@@H]([C@H]4[C@H]5CC[C@H]([C@@H]6[C@@H]7C[C@H]([C@H]56)[C@@H]5[C@H]7[C@@H]6CC[C@H]5[N+](C(C)(C)C)=N6)[C@@H]34)[C@@H]12. The molecule has 4 nitrogen and oxygen atoms in total. The van der Waals surface area contributed by atoms with Crippen LogP contribution in [-0.2, 0) is 0 Å². The fourth-order valence-corrected chi connectivity index (χ4v) is 15.7. The first-order valence-corrected chi connectivity index (χ1v) is 17.2. The van der Waals surface area contributed by atoms with Gasteiger partial charge in [-0.25, -0.2) is 0 Å². The smallest absolute Gasteiger partial charge is 0.120 e. The van der Waals surface area contributed by atoms with Crippen molar-refractivity contribution in [1.82, 2.24) is 10.4 Å². The lowest BCUT2D eigenvalue weighted by Gasteiger charge is -2.66. The molecule has 0 unspecified atom stereocenters. The number of rotatable bonds is 0. The Morgan fingerprint density at radius 1 is 0.526 bits per heavy atom. The zero-order valence-electron chi connectivity index (χ0n) is 24.9. The Morgan fingerprint density at radius 2 is 1.08 bits per heavy atom. The monoisotopic (exact) mass is 517 g/mol. The first-order chi connectivity index (χ1) is 18.1. The number of nitrogens with one attached hydrogen (secondary N) is 1. The molecule has 0 aromatic heterocycles. The third-order valence-corrected chi connectivity index (χ3v) is 15.6. The van der Waals surface area contributed by atoms with Crippen molar-refractivity contribution in [3.63, 3.8) is 0 Å². The second-order valence-electron chi connectivity index (χ2n) is 18.4. The van der Waals surface area contributed by atoms with Crippen molar-refractivity contribution in [3.8, 4) is 0 Å². The molecule has 38 heavy (non-hydrogen) atoms. The van der Waals surface area contributed by atoms with Gasteiger partial charge in [-0.3, -0.25) is 0 Å². The van der Waals surface area contributed by atoms with Crippen LogP contribution in [0.25, 0.3) is 0 Å². The lowest BCUT2D eigenvalue weighted by molar-refractivity contribution is -0.713. The van der Waals surface area contributed by atoms with E-state index in [4.69, 9.17) is 5.11 Å². The highest BCUT2D eigenvalue weighted by molar-refractivity contribution is 5.25. The molecule has 10 bridgehead atoms. The van der Waals surface area contributed by atoms with Crippen LogP contribution in [0.4, 0.5) is 0 Å². The molecule has 0 aromatic rings. The van der Waals surface area contributed by atoms with E-state index in [2.05, 4.69) is 56.7 Å². The molecule has 13 rings (SSSR count). The molecule has 9 saturated carbocycles. The van der Waals surface area contributed by atoms with Gasteiger partial charge in [0.15, 0.2) is 23.2 Å². The molecule has 13 aliphatic rings. The van der Waals surface area contributed by atoms with E-state index in [1.54, 1.807) is 25.7 Å². The molecular weight excluding hydrogens is 464 g/mol. The molecule has 4 aliphatic heterocycles. The third kappa shape index (κ3) is 2.48. The molecule has 2 saturated heterocycles. The molecule has 4 heteroatoms. The summed E-state index contributed by atoms with van der Waals surface area (Å²) in [5.41, 5.74) is 4.59. The molecule has 4 heterocycles. The highest BCUT2D eigenvalue weighted by Crippen LogP contribution is 2.79. The maximum Gasteiger partial charge on any atom is 0.182 e. The van der Waals surface area contributed by atoms with E-state index in [1.807, 2.05) is 0 Å². The fourth-order valence-electron chi connectivity index (χ4n) is 15.7. The van der Waals surface area contributed by atoms with Crippen molar-refractivity contribution < 1.29 is 4.70 Å². The molecule has 207 valence electrons. The van der Waals surface area contributed by atoms with Crippen LogP contribution in [0, 0.1) is 82.9 Å². The van der Waals surface area contributed by atoms with Gasteiger partial charge in [0.2, 0.25) is 0 Å². The highest BCUT2D eigenvalue weighted by atomic mass is 15.6. The van der Waals surface area contributed by atoms with E-state index in [1.165, 1.54) is 25.7 Å². The van der Waals surface area contributed by atoms with Crippen LogP contribution in [-0.4, -0.2) is 39.9 Å². The first kappa shape index (κ1) is 23.1. The van der Waals surface area contributed by atoms with E-state index in [0.29, 0.717) is 6.04 Å². The summed E-state index contributed by atoms with van der Waals surface area (Å²) < 4.78 is 2.65. The van der Waals surface area contributed by atoms with Crippen LogP contribution in [0.1, 0.15) is 92.9 Å². The summed E-state index contributed by atoms with van der Waals surface area (Å²) in [6.07, 6.45) is 12.2. The van der Waals surface area contributed by atoms with Gasteiger partial charge < -0.3 is 0 Å². The average molecular weight is 518 g/mol. The zero-order chi connectivity index (χ0) is 25.6. The predicted molar refractivity (Wildman–Crippen MR) is 148 cm³/mol. The van der Waals surface area contributed by atoms with Crippen LogP contribution >= 0.6 is 0 Å². The summed E-state index contributed by atoms with van der Waals surface area (Å²) in [4.78, 5) is 0. The Kier molecular flexibility index (Phi) is 4.22. The summed E-state index contributed by atoms with van der Waals surface area (Å²) in [5, 5.41) is 8.29. The van der Waals surface area contributed by atoms with Crippen LogP contribution in [0.3, 0.4) is 0 Å². The van der Waals surface area contributed by atoms with Gasteiger partial charge in [-0.15, -0.1) is 10.1 Å². The van der Waals surface area contributed by atoms with Crippen molar-refractivity contribution in [2.24, 2.45) is 88.0 Å². The van der Waals surface area contributed by atoms with Gasteiger partial charge in [-0.2, -0.15) is 0 Å². The molecular formula is C34H53N4+2. The predicted octanol–water partition coefficient (Wildman–Crippen LogP) is 6.05. The van der Waals surface area contributed by atoms with Gasteiger partial charge in [0, 0.05) is 45.4 Å². The van der Waals surface area contributed by atoms with Crippen LogP contribution in [0.5, 0.6) is 0 Å². The second kappa shape index (κ2) is 6.93. The van der Waals surface area contributed by atoms with E-state index in [0.717, 1.165) is 101 Å². The average Bonchev–Trinajstić information content (AvgIpc) is 3.68. The molecule has 1 N–H and O–H groups in total. The molecule has 0 aromatic carbocycles. The zero-order valence-corrected chi connectivity index (χ0v) is 24.9. The maximum atomic E-state index is 5.52. The van der Waals surface area contributed by atoms with Gasteiger partial charge in [-0.05, 0) is 135 Å². The summed E-state index contributed by atoms with van der Waals surface area (Å²) >= 11 is 0. The number of fused-ring (bicyclic) bond motifs is 8. The maximum absolute atomic E-state index is 5.52. The minimum atomic E-state index is 0.195. The minimum Gasteiger partial charge on any atom is -0.120 e. The highest BCUT2D eigenvalue weighted by Gasteiger charge is 2.78. The third-order valence-electron chi connectivity index (χ3n) is 15.6. The van der Waals surface area contributed by atoms with Crippen LogP contribution in [0.2, 0.25) is 0 Å². The minimum absolute atomic E-state index is 0.195. The summed E-state index contributed by atoms with van der Waals surface area (Å²) in [7, 11) is 0. The van der Waals surface area contributed by atoms with Crippen molar-refractivity contribution in [1.29, 1.82) is 0 Å². The largest absolute Gasteiger partial charge is 0.182 e. The van der Waals surface area contributed by atoms with Crippen molar-refractivity contribution in [2.45, 2.75) is 128 Å². The molecule has 9 aliphatic carbocycles. The summed E-state index contributed by atoms with van der Waals surface area (Å²) in [5.74, 6) is 14.7. The van der Waals surface area contributed by atoms with E-state index < -0.39 is 0 Å². The lowest BCUT2D eigenvalue weighted by Crippen LogP contribution is -2.76. The van der Waals surface area contributed by atoms with E-state index in [9.17, 15) is 0 Å². The summed E-state index contributed by atoms with van der Waals surface area (Å²) in [6.45, 7) is 14.6. The van der Waals surface area contributed by atoms with Crippen molar-refractivity contribution >= 4 is 0 Å². The number of hydrogen-bond donors (Lipinski definition) is 1. The number of hydrazine groups is 1. The number of hydrogen-bond acceptors (Lipinski definition) is 3. The van der Waals surface area contributed by atoms with Gasteiger partial charge in [0.25, 0.3) is 0 Å². The van der Waals surface area contributed by atoms with Crippen LogP contribution in [0.15, 0.2) is 5.11 Å². The van der Waals surface area contributed by atoms with Gasteiger partial charge in [-0.1, -0.05) is 5.01 Å². The fraction of sp³-hybridized carbons (Fsp3) is 1.00. The Balaban J connectivity index is 1.02. The Hall–Kier alpha value is -0.480. The molecule has 0 spiro atoms. The lowest BCUT2D eigenvalue weighted by atomic mass is 9.40. The van der Waals surface area contributed by atoms with Gasteiger partial charge in [0.05, 0.1) is 6.04 Å². The second-order valence-corrected chi connectivity index (χ2v) is 18.4. The number of azo groups is 2. The van der Waals surface area contributed by atoms with Crippen molar-refractivity contribution in [3.05, 3.63) is 0 Å². The molecule has 18 atom stereocenters. The van der Waals surface area contributed by atoms with Crippen molar-refractivity contribution in [2.75, 3.05) is 0 Å². The molecule has 0 amide bonds. The number of nitrogens with zero attached hydrogens (tertiary/aromatic N) is 3. The standard InChI is InChI=1S/C34H53N4/c1-33(2,3)37-23-11-9-21(35-37)29-17-13-19(31(23)29)27-15-7-8-16(25(17)27)28-20-14-18(26(15)28)30-22-10-12-24(32(20)30)38(36-22)34(4,5)6/h15-32,35H,7-14H2,1-6H3/q+2/t15-,16-,17+,18+,19-,20-,21+,22+,23-,24-,25-,26-,27+,28+,29-,30-,31+,32+/m1/s1. The molecule has 1 radical (unpaired) electrons. The molecule has 11 fully saturated rings. The quantitative estimate of drug-likeness (QED) is 0.390. The summed E-state index contributed by atoms with van der Waals surface area (Å²) in [6, 6.07) is 2.99. The Morgan fingerprint density at radius 3 is 1.68 bits per heavy atom. The topological polar surface area (TPSA) is 33.3 Å². The Bertz CT molecular complexity index is 1100. The van der Waals surface area contributed by atoms with Crippen LogP contribution < -0.4 is 10.4 Å².